The number of carbonyl (C=O) groups excluding carboxylic acids is 2. The van der Waals surface area contributed by atoms with E-state index >= 15 is 0 Å². The normalized spacial score (nSPS) is 10.4. The van der Waals surface area contributed by atoms with E-state index in [-0.39, 0.29) is 11.3 Å². The van der Waals surface area contributed by atoms with Crippen LogP contribution in [0.4, 0.5) is 5.69 Å². The van der Waals surface area contributed by atoms with Crippen LogP contribution < -0.4 is 19.5 Å². The van der Waals surface area contributed by atoms with Gasteiger partial charge in [0.25, 0.3) is 0 Å². The molecule has 1 N–H and O–H groups in total. The van der Waals surface area contributed by atoms with Crippen molar-refractivity contribution in [1.29, 1.82) is 0 Å². The number of carbonyl (C=O) groups is 2. The highest BCUT2D eigenvalue weighted by molar-refractivity contribution is 6.07. The molecule has 2 rings (SSSR count). The molecule has 0 heterocycles. The van der Waals surface area contributed by atoms with Gasteiger partial charge in [0.15, 0.2) is 11.5 Å². The lowest BCUT2D eigenvalue weighted by atomic mass is 10.1. The molecule has 0 unspecified atom stereocenters. The molecule has 2 aromatic carbocycles. The number of benzene rings is 2. The maximum absolute atomic E-state index is 12.3. The Hall–Kier alpha value is -3.48. The second kappa shape index (κ2) is 9.28. The number of ether oxygens (including phenoxy) is 4. The highest BCUT2D eigenvalue weighted by atomic mass is 16.5. The summed E-state index contributed by atoms with van der Waals surface area (Å²) in [5, 5.41) is 2.66. The van der Waals surface area contributed by atoms with E-state index < -0.39 is 11.9 Å². The Labute approximate surface area is 157 Å². The van der Waals surface area contributed by atoms with Crippen LogP contribution in [0.25, 0.3) is 6.08 Å². The van der Waals surface area contributed by atoms with Crippen molar-refractivity contribution in [3.8, 4) is 17.2 Å². The van der Waals surface area contributed by atoms with Gasteiger partial charge in [-0.05, 0) is 23.8 Å². The maximum atomic E-state index is 12.3. The lowest BCUT2D eigenvalue weighted by Crippen LogP contribution is -2.13. The fourth-order valence-electron chi connectivity index (χ4n) is 2.35. The van der Waals surface area contributed by atoms with Crippen molar-refractivity contribution in [2.45, 2.75) is 0 Å². The Morgan fingerprint density at radius 3 is 2.26 bits per heavy atom. The van der Waals surface area contributed by atoms with Gasteiger partial charge in [0.2, 0.25) is 5.91 Å². The van der Waals surface area contributed by atoms with Gasteiger partial charge >= 0.3 is 5.97 Å². The zero-order valence-corrected chi connectivity index (χ0v) is 15.6. The SMILES string of the molecule is COC(=O)c1cc(OC)c(OC)cc1NC(=O)/C=C/c1cccc(OC)c1. The van der Waals surface area contributed by atoms with Crippen LogP contribution in [-0.2, 0) is 9.53 Å². The van der Waals surface area contributed by atoms with Crippen LogP contribution in [0.2, 0.25) is 0 Å². The summed E-state index contributed by atoms with van der Waals surface area (Å²) in [5.74, 6) is 0.378. The zero-order chi connectivity index (χ0) is 19.8. The van der Waals surface area contributed by atoms with E-state index in [0.29, 0.717) is 17.2 Å². The van der Waals surface area contributed by atoms with Crippen LogP contribution in [0.1, 0.15) is 15.9 Å². The van der Waals surface area contributed by atoms with Gasteiger partial charge in [0.1, 0.15) is 5.75 Å². The third-order valence-electron chi connectivity index (χ3n) is 3.71. The van der Waals surface area contributed by atoms with E-state index in [1.165, 1.54) is 39.5 Å². The number of hydrogen-bond donors (Lipinski definition) is 1. The van der Waals surface area contributed by atoms with E-state index in [4.69, 9.17) is 18.9 Å². The fourth-order valence-corrected chi connectivity index (χ4v) is 2.35. The van der Waals surface area contributed by atoms with Crippen molar-refractivity contribution in [2.24, 2.45) is 0 Å². The summed E-state index contributed by atoms with van der Waals surface area (Å²) < 4.78 is 20.3. The third kappa shape index (κ3) is 5.01. The Bertz CT molecular complexity index is 860. The van der Waals surface area contributed by atoms with Gasteiger partial charge in [-0.15, -0.1) is 0 Å². The van der Waals surface area contributed by atoms with Crippen LogP contribution in [0, 0.1) is 0 Å². The number of nitrogens with one attached hydrogen (secondary N) is 1. The molecule has 0 radical (unpaired) electrons. The van der Waals surface area contributed by atoms with Gasteiger partial charge in [-0.1, -0.05) is 12.1 Å². The van der Waals surface area contributed by atoms with E-state index in [1.54, 1.807) is 19.3 Å². The van der Waals surface area contributed by atoms with Crippen molar-refractivity contribution in [1.82, 2.24) is 0 Å². The average Bonchev–Trinajstić information content (AvgIpc) is 2.71. The first kappa shape index (κ1) is 19.8. The van der Waals surface area contributed by atoms with E-state index in [0.717, 1.165) is 5.56 Å². The van der Waals surface area contributed by atoms with Crippen molar-refractivity contribution in [3.05, 3.63) is 53.6 Å². The topological polar surface area (TPSA) is 83.1 Å². The number of amides is 1. The first-order valence-corrected chi connectivity index (χ1v) is 7.99. The molecular weight excluding hydrogens is 350 g/mol. The second-order valence-corrected chi connectivity index (χ2v) is 5.34. The van der Waals surface area contributed by atoms with Crippen LogP contribution in [-0.4, -0.2) is 40.3 Å². The molecule has 142 valence electrons. The van der Waals surface area contributed by atoms with Crippen molar-refractivity contribution in [2.75, 3.05) is 33.8 Å². The molecule has 0 fully saturated rings. The first-order chi connectivity index (χ1) is 13.0. The third-order valence-corrected chi connectivity index (χ3v) is 3.71. The van der Waals surface area contributed by atoms with Crippen molar-refractivity contribution >= 4 is 23.6 Å². The second-order valence-electron chi connectivity index (χ2n) is 5.34. The quantitative estimate of drug-likeness (QED) is 0.595. The molecule has 2 aromatic rings. The van der Waals surface area contributed by atoms with E-state index in [9.17, 15) is 9.59 Å². The molecule has 7 nitrogen and oxygen atoms in total. The highest BCUT2D eigenvalue weighted by Gasteiger charge is 2.18. The fraction of sp³-hybridized carbons (Fsp3) is 0.200. The minimum Gasteiger partial charge on any atom is -0.497 e. The van der Waals surface area contributed by atoms with Gasteiger partial charge in [0, 0.05) is 18.2 Å². The molecule has 0 aromatic heterocycles. The Kier molecular flexibility index (Phi) is 6.82. The number of esters is 1. The predicted octanol–water partition coefficient (Wildman–Crippen LogP) is 3.15. The molecule has 0 saturated carbocycles. The number of rotatable bonds is 7. The van der Waals surface area contributed by atoms with Crippen LogP contribution in [0.3, 0.4) is 0 Å². The van der Waals surface area contributed by atoms with E-state index in [2.05, 4.69) is 5.32 Å². The molecule has 0 aliphatic heterocycles. The summed E-state index contributed by atoms with van der Waals surface area (Å²) in [6.07, 6.45) is 2.99. The summed E-state index contributed by atoms with van der Waals surface area (Å²) in [7, 11) is 5.74. The summed E-state index contributed by atoms with van der Waals surface area (Å²) in [6.45, 7) is 0. The van der Waals surface area contributed by atoms with Crippen LogP contribution in [0.15, 0.2) is 42.5 Å². The highest BCUT2D eigenvalue weighted by Crippen LogP contribution is 2.33. The Morgan fingerprint density at radius 2 is 1.63 bits per heavy atom. The Balaban J connectivity index is 2.27. The molecule has 0 bridgehead atoms. The number of anilines is 1. The minimum atomic E-state index is -0.608. The number of hydrogen-bond acceptors (Lipinski definition) is 6. The lowest BCUT2D eigenvalue weighted by molar-refractivity contribution is -0.111. The summed E-state index contributed by atoms with van der Waals surface area (Å²) in [4.78, 5) is 24.3. The number of methoxy groups -OCH3 is 4. The van der Waals surface area contributed by atoms with Gasteiger partial charge in [0.05, 0.1) is 39.7 Å². The molecular formula is C20H21NO6. The smallest absolute Gasteiger partial charge is 0.340 e. The molecule has 27 heavy (non-hydrogen) atoms. The first-order valence-electron chi connectivity index (χ1n) is 7.99. The van der Waals surface area contributed by atoms with Gasteiger partial charge in [-0.3, -0.25) is 4.79 Å². The molecule has 0 aliphatic carbocycles. The van der Waals surface area contributed by atoms with Crippen LogP contribution >= 0.6 is 0 Å². The largest absolute Gasteiger partial charge is 0.497 e. The lowest BCUT2D eigenvalue weighted by Gasteiger charge is -2.14. The monoisotopic (exact) mass is 371 g/mol. The van der Waals surface area contributed by atoms with Gasteiger partial charge in [-0.25, -0.2) is 4.79 Å². The van der Waals surface area contributed by atoms with Crippen molar-refractivity contribution < 1.29 is 28.5 Å². The average molecular weight is 371 g/mol. The molecule has 0 spiro atoms. The molecule has 0 aliphatic rings. The Morgan fingerprint density at radius 1 is 0.926 bits per heavy atom. The molecule has 0 atom stereocenters. The maximum Gasteiger partial charge on any atom is 0.340 e. The van der Waals surface area contributed by atoms with Gasteiger partial charge in [-0.2, -0.15) is 0 Å². The predicted molar refractivity (Wildman–Crippen MR) is 102 cm³/mol. The molecule has 1 amide bonds. The molecule has 7 heteroatoms. The van der Waals surface area contributed by atoms with Crippen molar-refractivity contribution in [3.63, 3.8) is 0 Å². The van der Waals surface area contributed by atoms with E-state index in [1.807, 2.05) is 18.2 Å². The summed E-state index contributed by atoms with van der Waals surface area (Å²) >= 11 is 0. The standard InChI is InChI=1S/C20H21NO6/c1-24-14-7-5-6-13(10-14)8-9-19(22)21-16-12-18(26-3)17(25-2)11-15(16)20(23)27-4/h5-12H,1-4H3,(H,21,22)/b9-8+. The van der Waals surface area contributed by atoms with Gasteiger partial charge < -0.3 is 24.3 Å². The zero-order valence-electron chi connectivity index (χ0n) is 15.6. The van der Waals surface area contributed by atoms with Crippen LogP contribution in [0.5, 0.6) is 17.2 Å². The molecule has 0 saturated heterocycles. The summed E-state index contributed by atoms with van der Waals surface area (Å²) in [6, 6.07) is 10.2. The summed E-state index contributed by atoms with van der Waals surface area (Å²) in [5.41, 5.74) is 1.20. The minimum absolute atomic E-state index is 0.151.